The molecule has 22 heavy (non-hydrogen) atoms. The molecular formula is C13H16F2N2O4S. The second-order valence-electron chi connectivity index (χ2n) is 4.79. The van der Waals surface area contributed by atoms with Gasteiger partial charge in [0.1, 0.15) is 27.5 Å². The highest BCUT2D eigenvalue weighted by Crippen LogP contribution is 2.15. The highest BCUT2D eigenvalue weighted by molar-refractivity contribution is 7.90. The summed E-state index contributed by atoms with van der Waals surface area (Å²) in [6.45, 7) is 1.16. The summed E-state index contributed by atoms with van der Waals surface area (Å²) in [6.07, 6.45) is 0.809. The number of halogens is 2. The minimum Gasteiger partial charge on any atom is -0.345 e. The summed E-state index contributed by atoms with van der Waals surface area (Å²) < 4.78 is 48.8. The highest BCUT2D eigenvalue weighted by Gasteiger charge is 2.22. The third kappa shape index (κ3) is 6.17. The summed E-state index contributed by atoms with van der Waals surface area (Å²) in [6, 6.07) is 1.35. The van der Waals surface area contributed by atoms with Crippen LogP contribution in [0.2, 0.25) is 0 Å². The van der Waals surface area contributed by atoms with Gasteiger partial charge >= 0.3 is 0 Å². The van der Waals surface area contributed by atoms with Gasteiger partial charge in [0.05, 0.1) is 11.4 Å². The van der Waals surface area contributed by atoms with Gasteiger partial charge in [0.25, 0.3) is 0 Å². The number of nitrogens with one attached hydrogen (secondary N) is 2. The Morgan fingerprint density at radius 1 is 1.27 bits per heavy atom. The second kappa shape index (κ2) is 7.30. The monoisotopic (exact) mass is 334 g/mol. The Bertz CT molecular complexity index is 677. The van der Waals surface area contributed by atoms with E-state index in [0.29, 0.717) is 0 Å². The average molecular weight is 334 g/mol. The SMILES string of the molecule is CC(=O)NC(CCS(C)(=O)=O)C(=O)Nc1cc(F)ccc1F. The number of carbonyl (C=O) groups excluding carboxylic acids is 2. The summed E-state index contributed by atoms with van der Waals surface area (Å²) in [5.41, 5.74) is -0.389. The molecule has 2 amide bonds. The summed E-state index contributed by atoms with van der Waals surface area (Å²) in [5, 5.41) is 4.40. The van der Waals surface area contributed by atoms with Crippen molar-refractivity contribution < 1.29 is 26.8 Å². The molecule has 0 saturated carbocycles. The first-order valence-electron chi connectivity index (χ1n) is 6.29. The molecule has 1 unspecified atom stereocenters. The molecule has 1 rings (SSSR count). The summed E-state index contributed by atoms with van der Waals surface area (Å²) in [4.78, 5) is 23.1. The van der Waals surface area contributed by atoms with E-state index in [0.717, 1.165) is 31.4 Å². The Kier molecular flexibility index (Phi) is 5.98. The highest BCUT2D eigenvalue weighted by atomic mass is 32.2. The van der Waals surface area contributed by atoms with Crippen molar-refractivity contribution in [2.24, 2.45) is 0 Å². The number of rotatable bonds is 6. The molecule has 9 heteroatoms. The fraction of sp³-hybridized carbons (Fsp3) is 0.385. The largest absolute Gasteiger partial charge is 0.345 e. The van der Waals surface area contributed by atoms with Crippen LogP contribution in [0.25, 0.3) is 0 Å². The molecule has 0 spiro atoms. The van der Waals surface area contributed by atoms with Crippen LogP contribution in [0.4, 0.5) is 14.5 Å². The Hall–Kier alpha value is -2.03. The van der Waals surface area contributed by atoms with Crippen molar-refractivity contribution in [2.75, 3.05) is 17.3 Å². The van der Waals surface area contributed by atoms with Crippen molar-refractivity contribution in [3.8, 4) is 0 Å². The lowest BCUT2D eigenvalue weighted by molar-refractivity contribution is -0.125. The minimum absolute atomic E-state index is 0.179. The smallest absolute Gasteiger partial charge is 0.247 e. The zero-order valence-corrected chi connectivity index (χ0v) is 12.8. The molecule has 1 atom stereocenters. The van der Waals surface area contributed by atoms with Crippen LogP contribution in [0, 0.1) is 11.6 Å². The first-order chi connectivity index (χ1) is 10.1. The molecule has 0 fully saturated rings. The van der Waals surface area contributed by atoms with Crippen molar-refractivity contribution in [3.63, 3.8) is 0 Å². The number of hydrogen-bond donors (Lipinski definition) is 2. The van der Waals surface area contributed by atoms with E-state index in [2.05, 4.69) is 10.6 Å². The number of sulfone groups is 1. The Labute approximate surface area is 126 Å². The molecular weight excluding hydrogens is 318 g/mol. The lowest BCUT2D eigenvalue weighted by Crippen LogP contribution is -2.44. The maximum atomic E-state index is 13.5. The van der Waals surface area contributed by atoms with Crippen LogP contribution in [0.15, 0.2) is 18.2 Å². The van der Waals surface area contributed by atoms with Crippen LogP contribution in [0.5, 0.6) is 0 Å². The molecule has 2 N–H and O–H groups in total. The van der Waals surface area contributed by atoms with E-state index in [9.17, 15) is 26.8 Å². The van der Waals surface area contributed by atoms with Crippen LogP contribution in [0.1, 0.15) is 13.3 Å². The maximum absolute atomic E-state index is 13.5. The number of amides is 2. The van der Waals surface area contributed by atoms with Crippen molar-refractivity contribution >= 4 is 27.3 Å². The van der Waals surface area contributed by atoms with Gasteiger partial charge in [-0.05, 0) is 18.6 Å². The Morgan fingerprint density at radius 3 is 2.45 bits per heavy atom. The third-order valence-electron chi connectivity index (χ3n) is 2.66. The standard InChI is InChI=1S/C13H16F2N2O4S/c1-8(18)16-11(5-6-22(2,20)21)13(19)17-12-7-9(14)3-4-10(12)15/h3-4,7,11H,5-6H2,1-2H3,(H,16,18)(H,17,19). The first-order valence-corrected chi connectivity index (χ1v) is 8.35. The summed E-state index contributed by atoms with van der Waals surface area (Å²) >= 11 is 0. The van der Waals surface area contributed by atoms with Crippen molar-refractivity contribution in [1.29, 1.82) is 0 Å². The molecule has 0 bridgehead atoms. The molecule has 6 nitrogen and oxygen atoms in total. The topological polar surface area (TPSA) is 92.3 Å². The van der Waals surface area contributed by atoms with E-state index in [1.807, 2.05) is 0 Å². The fourth-order valence-electron chi connectivity index (χ4n) is 1.66. The fourth-order valence-corrected chi connectivity index (χ4v) is 2.32. The van der Waals surface area contributed by atoms with Gasteiger partial charge in [0.2, 0.25) is 11.8 Å². The lowest BCUT2D eigenvalue weighted by atomic mass is 10.2. The molecule has 0 radical (unpaired) electrons. The van der Waals surface area contributed by atoms with Crippen molar-refractivity contribution in [1.82, 2.24) is 5.32 Å². The Morgan fingerprint density at radius 2 is 1.91 bits per heavy atom. The van der Waals surface area contributed by atoms with E-state index >= 15 is 0 Å². The average Bonchev–Trinajstić information content (AvgIpc) is 2.37. The van der Waals surface area contributed by atoms with Crippen LogP contribution in [-0.2, 0) is 19.4 Å². The maximum Gasteiger partial charge on any atom is 0.247 e. The van der Waals surface area contributed by atoms with Gasteiger partial charge < -0.3 is 10.6 Å². The van der Waals surface area contributed by atoms with Crippen molar-refractivity contribution in [2.45, 2.75) is 19.4 Å². The van der Waals surface area contributed by atoms with Crippen LogP contribution < -0.4 is 10.6 Å². The summed E-state index contributed by atoms with van der Waals surface area (Å²) in [7, 11) is -3.34. The zero-order chi connectivity index (χ0) is 16.9. The molecule has 0 aliphatic carbocycles. The van der Waals surface area contributed by atoms with E-state index in [1.165, 1.54) is 0 Å². The molecule has 0 aliphatic rings. The van der Waals surface area contributed by atoms with E-state index in [1.54, 1.807) is 0 Å². The van der Waals surface area contributed by atoms with E-state index < -0.39 is 39.3 Å². The van der Waals surface area contributed by atoms with E-state index in [4.69, 9.17) is 0 Å². The van der Waals surface area contributed by atoms with Gasteiger partial charge in [0, 0.05) is 19.2 Å². The molecule has 0 aliphatic heterocycles. The Balaban J connectivity index is 2.86. The number of anilines is 1. The predicted octanol–water partition coefficient (Wildman–Crippen LogP) is 0.843. The summed E-state index contributed by atoms with van der Waals surface area (Å²) in [5.74, 6) is -3.31. The van der Waals surface area contributed by atoms with Gasteiger partial charge in [-0.1, -0.05) is 0 Å². The number of benzene rings is 1. The quantitative estimate of drug-likeness (QED) is 0.806. The van der Waals surface area contributed by atoms with Gasteiger partial charge in [-0.2, -0.15) is 0 Å². The van der Waals surface area contributed by atoms with Crippen LogP contribution in [-0.4, -0.2) is 38.3 Å². The molecule has 1 aromatic rings. The third-order valence-corrected chi connectivity index (χ3v) is 3.63. The van der Waals surface area contributed by atoms with Gasteiger partial charge in [-0.25, -0.2) is 17.2 Å². The first kappa shape index (κ1) is 18.0. The van der Waals surface area contributed by atoms with Gasteiger partial charge in [-0.15, -0.1) is 0 Å². The zero-order valence-electron chi connectivity index (χ0n) is 12.0. The normalized spacial score (nSPS) is 12.5. The van der Waals surface area contributed by atoms with Gasteiger partial charge in [0.15, 0.2) is 0 Å². The van der Waals surface area contributed by atoms with Crippen LogP contribution >= 0.6 is 0 Å². The number of carbonyl (C=O) groups is 2. The van der Waals surface area contributed by atoms with Crippen LogP contribution in [0.3, 0.4) is 0 Å². The molecule has 0 aromatic heterocycles. The molecule has 1 aromatic carbocycles. The lowest BCUT2D eigenvalue weighted by Gasteiger charge is -2.17. The molecule has 0 saturated heterocycles. The van der Waals surface area contributed by atoms with Gasteiger partial charge in [-0.3, -0.25) is 9.59 Å². The van der Waals surface area contributed by atoms with E-state index in [-0.39, 0.29) is 17.9 Å². The second-order valence-corrected chi connectivity index (χ2v) is 7.04. The molecule has 122 valence electrons. The van der Waals surface area contributed by atoms with Crippen molar-refractivity contribution in [3.05, 3.63) is 29.8 Å². The minimum atomic E-state index is -3.34. The molecule has 0 heterocycles. The number of hydrogen-bond acceptors (Lipinski definition) is 4. The predicted molar refractivity (Wildman–Crippen MR) is 76.9 cm³/mol.